The number of rotatable bonds is 6. The largest absolute Gasteiger partial charge is 0.491 e. The van der Waals surface area contributed by atoms with Gasteiger partial charge in [-0.25, -0.2) is 9.48 Å². The van der Waals surface area contributed by atoms with Crippen molar-refractivity contribution in [2.75, 3.05) is 23.8 Å². The van der Waals surface area contributed by atoms with E-state index in [0.29, 0.717) is 18.6 Å². The van der Waals surface area contributed by atoms with Crippen LogP contribution < -0.4 is 15.4 Å². The summed E-state index contributed by atoms with van der Waals surface area (Å²) < 4.78 is 13.4. The Morgan fingerprint density at radius 2 is 2.07 bits per heavy atom. The highest BCUT2D eigenvalue weighted by atomic mass is 16.5. The molecule has 2 aromatic rings. The molecule has 3 fully saturated rings. The second-order valence-corrected chi connectivity index (χ2v) is 8.91. The van der Waals surface area contributed by atoms with Crippen molar-refractivity contribution in [3.8, 4) is 5.75 Å². The molecule has 0 spiro atoms. The van der Waals surface area contributed by atoms with E-state index in [1.54, 1.807) is 0 Å². The minimum Gasteiger partial charge on any atom is -0.491 e. The number of urea groups is 1. The van der Waals surface area contributed by atoms with Crippen LogP contribution in [0.5, 0.6) is 5.75 Å². The number of anilines is 2. The molecule has 0 radical (unpaired) electrons. The molecular weight excluding hydrogens is 380 g/mol. The molecule has 2 aliphatic carbocycles. The first-order valence-electron chi connectivity index (χ1n) is 11.1. The van der Waals surface area contributed by atoms with Crippen molar-refractivity contribution in [2.45, 2.75) is 57.6 Å². The average molecular weight is 411 g/mol. The maximum Gasteiger partial charge on any atom is 0.324 e. The normalized spacial score (nSPS) is 27.4. The lowest BCUT2D eigenvalue weighted by Gasteiger charge is -2.24. The zero-order chi connectivity index (χ0) is 20.5. The van der Waals surface area contributed by atoms with E-state index in [0.717, 1.165) is 48.3 Å². The van der Waals surface area contributed by atoms with E-state index in [-0.39, 0.29) is 12.1 Å². The Labute approximate surface area is 177 Å². The molecule has 4 atom stereocenters. The van der Waals surface area contributed by atoms with Crippen molar-refractivity contribution >= 4 is 17.5 Å². The fraction of sp³-hybridized carbons (Fsp3) is 0.565. The maximum absolute atomic E-state index is 12.6. The summed E-state index contributed by atoms with van der Waals surface area (Å²) in [5, 5.41) is 10.6. The Balaban J connectivity index is 1.17. The summed E-state index contributed by atoms with van der Waals surface area (Å²) in [4.78, 5) is 12.6. The fourth-order valence-electron chi connectivity index (χ4n) is 5.25. The highest BCUT2D eigenvalue weighted by Crippen LogP contribution is 2.51. The third-order valence-corrected chi connectivity index (χ3v) is 6.69. The summed E-state index contributed by atoms with van der Waals surface area (Å²) in [5.41, 5.74) is 1.65. The van der Waals surface area contributed by atoms with Gasteiger partial charge < -0.3 is 14.8 Å². The van der Waals surface area contributed by atoms with Gasteiger partial charge in [-0.15, -0.1) is 0 Å². The van der Waals surface area contributed by atoms with Crippen molar-refractivity contribution in [3.63, 3.8) is 0 Å². The smallest absolute Gasteiger partial charge is 0.324 e. The highest BCUT2D eigenvalue weighted by Gasteiger charge is 2.41. The third kappa shape index (κ3) is 4.17. The Morgan fingerprint density at radius 3 is 2.77 bits per heavy atom. The van der Waals surface area contributed by atoms with Crippen LogP contribution in [-0.2, 0) is 4.74 Å². The van der Waals surface area contributed by atoms with E-state index in [1.807, 2.05) is 41.9 Å². The number of nitrogens with zero attached hydrogens (tertiary/aromatic N) is 2. The predicted octanol–water partition coefficient (Wildman–Crippen LogP) is 4.75. The zero-order valence-corrected chi connectivity index (χ0v) is 17.5. The van der Waals surface area contributed by atoms with Crippen LogP contribution in [-0.4, -0.2) is 35.1 Å². The molecule has 3 aliphatic rings. The topological polar surface area (TPSA) is 77.4 Å². The van der Waals surface area contributed by atoms with Crippen LogP contribution in [0.2, 0.25) is 0 Å². The van der Waals surface area contributed by atoms with Crippen molar-refractivity contribution in [1.82, 2.24) is 9.78 Å². The molecule has 7 heteroatoms. The molecule has 1 aromatic carbocycles. The Morgan fingerprint density at radius 1 is 1.20 bits per heavy atom. The summed E-state index contributed by atoms with van der Waals surface area (Å²) in [6, 6.07) is 9.54. The first-order valence-corrected chi connectivity index (χ1v) is 11.1. The molecule has 2 heterocycles. The Kier molecular flexibility index (Phi) is 5.37. The molecule has 4 unspecified atom stereocenters. The van der Waals surface area contributed by atoms with Gasteiger partial charge in [0.25, 0.3) is 0 Å². The number of ether oxygens (including phenoxy) is 2. The van der Waals surface area contributed by atoms with Gasteiger partial charge >= 0.3 is 6.03 Å². The van der Waals surface area contributed by atoms with Gasteiger partial charge in [-0.2, -0.15) is 5.10 Å². The predicted molar refractivity (Wildman–Crippen MR) is 115 cm³/mol. The van der Waals surface area contributed by atoms with E-state index in [2.05, 4.69) is 15.7 Å². The molecule has 1 saturated heterocycles. The lowest BCUT2D eigenvalue weighted by molar-refractivity contribution is 0.0679. The average Bonchev–Trinajstić information content (AvgIpc) is 3.53. The summed E-state index contributed by atoms with van der Waals surface area (Å²) in [7, 11) is 0. The number of fused-ring (bicyclic) bond motifs is 2. The maximum atomic E-state index is 12.6. The standard InChI is InChI=1S/C23H30N4O3/c1-15-11-22(27(26-15)21-13-16-4-5-17(21)12-16)25-23(28)24-18-6-8-19(9-7-18)30-14-20-3-2-10-29-20/h6-9,11,16-17,20-21H,2-5,10,12-14H2,1H3,(H2,24,25,28). The molecule has 160 valence electrons. The fourth-order valence-corrected chi connectivity index (χ4v) is 5.25. The number of carbonyl (C=O) groups is 1. The monoisotopic (exact) mass is 410 g/mol. The molecule has 2 N–H and O–H groups in total. The van der Waals surface area contributed by atoms with Crippen LogP contribution in [0.25, 0.3) is 0 Å². The Bertz CT molecular complexity index is 888. The van der Waals surface area contributed by atoms with Crippen LogP contribution in [0.4, 0.5) is 16.3 Å². The summed E-state index contributed by atoms with van der Waals surface area (Å²) in [5.74, 6) is 3.08. The number of hydrogen-bond acceptors (Lipinski definition) is 4. The van der Waals surface area contributed by atoms with Crippen molar-refractivity contribution in [3.05, 3.63) is 36.0 Å². The van der Waals surface area contributed by atoms with E-state index >= 15 is 0 Å². The van der Waals surface area contributed by atoms with Gasteiger partial charge in [0.15, 0.2) is 0 Å². The number of carbonyl (C=O) groups excluding carboxylic acids is 1. The van der Waals surface area contributed by atoms with E-state index in [9.17, 15) is 4.79 Å². The van der Waals surface area contributed by atoms with Crippen molar-refractivity contribution in [1.29, 1.82) is 0 Å². The lowest BCUT2D eigenvalue weighted by atomic mass is 9.95. The van der Waals surface area contributed by atoms with Gasteiger partial charge in [0, 0.05) is 18.4 Å². The molecule has 1 aromatic heterocycles. The van der Waals surface area contributed by atoms with Gasteiger partial charge in [0.2, 0.25) is 0 Å². The second kappa shape index (κ2) is 8.30. The molecule has 2 saturated carbocycles. The van der Waals surface area contributed by atoms with Crippen LogP contribution in [0.3, 0.4) is 0 Å². The minimum absolute atomic E-state index is 0.192. The quantitative estimate of drug-likeness (QED) is 0.720. The van der Waals surface area contributed by atoms with Crippen LogP contribution in [0, 0.1) is 18.8 Å². The SMILES string of the molecule is Cc1cc(NC(=O)Nc2ccc(OCC3CCCO3)cc2)n(C2CC3CCC2C3)n1. The number of aromatic nitrogens is 2. The number of hydrogen-bond donors (Lipinski definition) is 2. The third-order valence-electron chi connectivity index (χ3n) is 6.69. The zero-order valence-electron chi connectivity index (χ0n) is 17.5. The first-order chi connectivity index (χ1) is 14.6. The number of amides is 2. The van der Waals surface area contributed by atoms with Gasteiger partial charge in [-0.1, -0.05) is 6.42 Å². The Hall–Kier alpha value is -2.54. The van der Waals surface area contributed by atoms with Crippen LogP contribution in [0.1, 0.15) is 50.3 Å². The van der Waals surface area contributed by atoms with E-state index < -0.39 is 0 Å². The molecule has 1 aliphatic heterocycles. The van der Waals surface area contributed by atoms with Crippen LogP contribution >= 0.6 is 0 Å². The van der Waals surface area contributed by atoms with Gasteiger partial charge in [0.1, 0.15) is 18.2 Å². The molecule has 30 heavy (non-hydrogen) atoms. The lowest BCUT2D eigenvalue weighted by Crippen LogP contribution is -2.24. The summed E-state index contributed by atoms with van der Waals surface area (Å²) in [6.07, 6.45) is 7.45. The molecule has 5 rings (SSSR count). The van der Waals surface area contributed by atoms with Gasteiger partial charge in [-0.05, 0) is 75.1 Å². The van der Waals surface area contributed by atoms with E-state index in [4.69, 9.17) is 9.47 Å². The number of aryl methyl sites for hydroxylation is 1. The molecule has 2 bridgehead atoms. The van der Waals surface area contributed by atoms with Crippen molar-refractivity contribution in [2.24, 2.45) is 11.8 Å². The van der Waals surface area contributed by atoms with Crippen molar-refractivity contribution < 1.29 is 14.3 Å². The number of benzene rings is 1. The molecule has 2 amide bonds. The number of nitrogens with one attached hydrogen (secondary N) is 2. The highest BCUT2D eigenvalue weighted by molar-refractivity contribution is 5.99. The molecular formula is C23H30N4O3. The van der Waals surface area contributed by atoms with E-state index in [1.165, 1.54) is 25.7 Å². The summed E-state index contributed by atoms with van der Waals surface area (Å²) in [6.45, 7) is 3.37. The molecule has 7 nitrogen and oxygen atoms in total. The van der Waals surface area contributed by atoms with Gasteiger partial charge in [0.05, 0.1) is 17.8 Å². The summed E-state index contributed by atoms with van der Waals surface area (Å²) >= 11 is 0. The first kappa shape index (κ1) is 19.4. The minimum atomic E-state index is -0.257. The van der Waals surface area contributed by atoms with Gasteiger partial charge in [-0.3, -0.25) is 5.32 Å². The second-order valence-electron chi connectivity index (χ2n) is 8.91. The van der Waals surface area contributed by atoms with Crippen LogP contribution in [0.15, 0.2) is 30.3 Å².